The molecule has 0 atom stereocenters. The Morgan fingerprint density at radius 3 is 2.85 bits per heavy atom. The molecule has 13 heavy (non-hydrogen) atoms. The zero-order valence-corrected chi connectivity index (χ0v) is 10.3. The molecule has 0 saturated carbocycles. The first-order valence-electron chi connectivity index (χ1n) is 4.43. The van der Waals surface area contributed by atoms with Crippen LogP contribution in [-0.2, 0) is 6.42 Å². The average Bonchev–Trinajstić information content (AvgIpc) is 2.57. The topological polar surface area (TPSA) is 0 Å². The number of rotatable bonds is 3. The monoisotopic (exact) mass is 302 g/mol. The normalized spacial score (nSPS) is 10.8. The van der Waals surface area contributed by atoms with Crippen LogP contribution >= 0.6 is 33.9 Å². The van der Waals surface area contributed by atoms with E-state index in [1.807, 2.05) is 11.3 Å². The van der Waals surface area contributed by atoms with E-state index in [2.05, 4.69) is 52.9 Å². The van der Waals surface area contributed by atoms with Crippen LogP contribution in [0.1, 0.15) is 11.3 Å². The smallest absolute Gasteiger partial charge is 0.0345 e. The molecule has 0 nitrogen and oxygen atoms in total. The molecular formula is C11H11IS. The van der Waals surface area contributed by atoms with Crippen LogP contribution < -0.4 is 0 Å². The van der Waals surface area contributed by atoms with E-state index >= 15 is 0 Å². The number of aryl methyl sites for hydroxylation is 1. The Morgan fingerprint density at radius 2 is 2.08 bits per heavy atom. The Hall–Kier alpha value is -0.0900. The largest absolute Gasteiger partial charge is 0.140 e. The maximum atomic E-state index is 2.44. The molecule has 0 saturated heterocycles. The summed E-state index contributed by atoms with van der Waals surface area (Å²) in [5.74, 6) is 0. The van der Waals surface area contributed by atoms with Crippen molar-refractivity contribution in [2.45, 2.75) is 12.8 Å². The molecule has 2 heteroatoms. The number of thiophene rings is 1. The SMILES string of the molecule is ICCCc1cc2ccccc2s1. The van der Waals surface area contributed by atoms with Gasteiger partial charge in [0.15, 0.2) is 0 Å². The summed E-state index contributed by atoms with van der Waals surface area (Å²) in [4.78, 5) is 1.53. The van der Waals surface area contributed by atoms with Crippen LogP contribution in [0.3, 0.4) is 0 Å². The summed E-state index contributed by atoms with van der Waals surface area (Å²) in [7, 11) is 0. The van der Waals surface area contributed by atoms with Crippen LogP contribution in [0.4, 0.5) is 0 Å². The summed E-state index contributed by atoms with van der Waals surface area (Å²) in [6, 6.07) is 10.9. The molecule has 2 aromatic rings. The van der Waals surface area contributed by atoms with E-state index in [1.54, 1.807) is 0 Å². The van der Waals surface area contributed by atoms with Crippen LogP contribution in [-0.4, -0.2) is 4.43 Å². The Morgan fingerprint density at radius 1 is 1.23 bits per heavy atom. The lowest BCUT2D eigenvalue weighted by Crippen LogP contribution is -1.79. The fourth-order valence-corrected chi connectivity index (χ4v) is 2.89. The first-order valence-corrected chi connectivity index (χ1v) is 6.78. The highest BCUT2D eigenvalue weighted by molar-refractivity contribution is 14.1. The molecule has 1 aromatic heterocycles. The van der Waals surface area contributed by atoms with E-state index < -0.39 is 0 Å². The molecule has 1 aromatic carbocycles. The summed E-state index contributed by atoms with van der Waals surface area (Å²) in [6.07, 6.45) is 2.54. The van der Waals surface area contributed by atoms with Gasteiger partial charge in [-0.1, -0.05) is 40.8 Å². The number of halogens is 1. The highest BCUT2D eigenvalue weighted by atomic mass is 127. The van der Waals surface area contributed by atoms with Gasteiger partial charge in [0.1, 0.15) is 0 Å². The van der Waals surface area contributed by atoms with Crippen molar-refractivity contribution in [1.29, 1.82) is 0 Å². The minimum absolute atomic E-state index is 1.24. The van der Waals surface area contributed by atoms with Gasteiger partial charge in [0.2, 0.25) is 0 Å². The van der Waals surface area contributed by atoms with E-state index in [4.69, 9.17) is 0 Å². The summed E-state index contributed by atoms with van der Waals surface area (Å²) < 4.78 is 2.68. The second-order valence-corrected chi connectivity index (χ2v) is 5.29. The minimum Gasteiger partial charge on any atom is -0.140 e. The molecule has 0 fully saturated rings. The van der Waals surface area contributed by atoms with Crippen LogP contribution in [0.15, 0.2) is 30.3 Å². The van der Waals surface area contributed by atoms with Crippen molar-refractivity contribution in [1.82, 2.24) is 0 Å². The Bertz CT molecular complexity index is 359. The molecule has 0 N–H and O–H groups in total. The number of hydrogen-bond acceptors (Lipinski definition) is 1. The van der Waals surface area contributed by atoms with Gasteiger partial charge in [0, 0.05) is 9.58 Å². The molecule has 0 unspecified atom stereocenters. The molecule has 0 bridgehead atoms. The predicted octanol–water partition coefficient (Wildman–Crippen LogP) is 4.27. The fraction of sp³-hybridized carbons (Fsp3) is 0.273. The van der Waals surface area contributed by atoms with Gasteiger partial charge in [-0.15, -0.1) is 11.3 Å². The van der Waals surface area contributed by atoms with Crippen molar-refractivity contribution < 1.29 is 0 Å². The maximum Gasteiger partial charge on any atom is 0.0345 e. The molecule has 2 rings (SSSR count). The number of fused-ring (bicyclic) bond motifs is 1. The summed E-state index contributed by atoms with van der Waals surface area (Å²) >= 11 is 4.37. The quantitative estimate of drug-likeness (QED) is 0.587. The van der Waals surface area contributed by atoms with Gasteiger partial charge in [-0.3, -0.25) is 0 Å². The highest BCUT2D eigenvalue weighted by Crippen LogP contribution is 2.26. The van der Waals surface area contributed by atoms with Crippen molar-refractivity contribution >= 4 is 44.0 Å². The second kappa shape index (κ2) is 4.42. The molecule has 68 valence electrons. The van der Waals surface area contributed by atoms with Gasteiger partial charge < -0.3 is 0 Å². The minimum atomic E-state index is 1.24. The Kier molecular flexibility index (Phi) is 3.22. The van der Waals surface area contributed by atoms with Crippen LogP contribution in [0.25, 0.3) is 10.1 Å². The van der Waals surface area contributed by atoms with E-state index in [1.165, 1.54) is 32.2 Å². The second-order valence-electron chi connectivity index (χ2n) is 3.04. The van der Waals surface area contributed by atoms with Crippen molar-refractivity contribution in [2.75, 3.05) is 4.43 Å². The average molecular weight is 302 g/mol. The lowest BCUT2D eigenvalue weighted by atomic mass is 10.2. The summed E-state index contributed by atoms with van der Waals surface area (Å²) in [6.45, 7) is 0. The van der Waals surface area contributed by atoms with E-state index in [0.717, 1.165) is 0 Å². The van der Waals surface area contributed by atoms with Crippen molar-refractivity contribution in [3.63, 3.8) is 0 Å². The fourth-order valence-electron chi connectivity index (χ4n) is 1.40. The van der Waals surface area contributed by atoms with Gasteiger partial charge in [-0.05, 0) is 34.8 Å². The first-order chi connectivity index (χ1) is 6.40. The molecule has 0 amide bonds. The molecule has 0 aliphatic rings. The van der Waals surface area contributed by atoms with Gasteiger partial charge >= 0.3 is 0 Å². The zero-order chi connectivity index (χ0) is 9.10. The summed E-state index contributed by atoms with van der Waals surface area (Å²) in [5.41, 5.74) is 0. The molecule has 0 aliphatic carbocycles. The molecule has 1 heterocycles. The molecule has 0 spiro atoms. The number of hydrogen-bond donors (Lipinski definition) is 0. The van der Waals surface area contributed by atoms with Crippen LogP contribution in [0.5, 0.6) is 0 Å². The number of alkyl halides is 1. The summed E-state index contributed by atoms with van der Waals surface area (Å²) in [5, 5.41) is 1.40. The third-order valence-corrected chi connectivity index (χ3v) is 3.97. The van der Waals surface area contributed by atoms with Crippen LogP contribution in [0, 0.1) is 0 Å². The number of benzene rings is 1. The Balaban J connectivity index is 2.28. The lowest BCUT2D eigenvalue weighted by Gasteiger charge is -1.90. The standard InChI is InChI=1S/C11H11IS/c12-7-3-5-10-8-9-4-1-2-6-11(9)13-10/h1-2,4,6,8H,3,5,7H2. The van der Waals surface area contributed by atoms with Crippen molar-refractivity contribution in [3.05, 3.63) is 35.2 Å². The zero-order valence-electron chi connectivity index (χ0n) is 7.29. The molecule has 0 aliphatic heterocycles. The molecular weight excluding hydrogens is 291 g/mol. The van der Waals surface area contributed by atoms with Gasteiger partial charge in [-0.2, -0.15) is 0 Å². The predicted molar refractivity (Wildman–Crippen MR) is 69.0 cm³/mol. The van der Waals surface area contributed by atoms with Crippen LogP contribution in [0.2, 0.25) is 0 Å². The van der Waals surface area contributed by atoms with Crippen molar-refractivity contribution in [2.24, 2.45) is 0 Å². The third-order valence-electron chi connectivity index (χ3n) is 2.03. The first kappa shape index (κ1) is 9.46. The lowest BCUT2D eigenvalue weighted by molar-refractivity contribution is 0.967. The van der Waals surface area contributed by atoms with E-state index in [-0.39, 0.29) is 0 Å². The Labute approximate surface area is 96.1 Å². The highest BCUT2D eigenvalue weighted by Gasteiger charge is 1.99. The van der Waals surface area contributed by atoms with Gasteiger partial charge in [0.05, 0.1) is 0 Å². The maximum absolute atomic E-state index is 2.44. The van der Waals surface area contributed by atoms with E-state index in [0.29, 0.717) is 0 Å². The van der Waals surface area contributed by atoms with Gasteiger partial charge in [0.25, 0.3) is 0 Å². The third kappa shape index (κ3) is 2.23. The molecule has 0 radical (unpaired) electrons. The van der Waals surface area contributed by atoms with Gasteiger partial charge in [-0.25, -0.2) is 0 Å². The van der Waals surface area contributed by atoms with Crippen molar-refractivity contribution in [3.8, 4) is 0 Å². The van der Waals surface area contributed by atoms with E-state index in [9.17, 15) is 0 Å².